The van der Waals surface area contributed by atoms with Crippen LogP contribution in [0, 0.1) is 0 Å². The number of hydrogen-bond acceptors (Lipinski definition) is 2. The number of carbonyl (C=O) groups is 1. The molecule has 0 bridgehead atoms. The Labute approximate surface area is 144 Å². The molecule has 1 aromatic heterocycles. The fourth-order valence-corrected chi connectivity index (χ4v) is 3.82. The first kappa shape index (κ1) is 17.0. The molecule has 130 valence electrons. The van der Waals surface area contributed by atoms with Gasteiger partial charge in [0.25, 0.3) is 0 Å². The van der Waals surface area contributed by atoms with Gasteiger partial charge in [0.2, 0.25) is 5.91 Å². The third-order valence-corrected chi connectivity index (χ3v) is 5.43. The Morgan fingerprint density at radius 1 is 1.25 bits per heavy atom. The minimum absolute atomic E-state index is 0.274. The van der Waals surface area contributed by atoms with E-state index >= 15 is 0 Å². The SMILES string of the molecule is COC1CCC(N(C)C(=O)CCCc2c[nH]c3ccccc23)CC1. The second-order valence-electron chi connectivity index (χ2n) is 6.88. The average molecular weight is 328 g/mol. The van der Waals surface area contributed by atoms with Gasteiger partial charge in [-0.05, 0) is 50.2 Å². The number of ether oxygens (including phenoxy) is 1. The molecule has 1 aliphatic rings. The second kappa shape index (κ2) is 7.84. The Bertz CT molecular complexity index is 671. The van der Waals surface area contributed by atoms with Gasteiger partial charge < -0.3 is 14.6 Å². The third-order valence-electron chi connectivity index (χ3n) is 5.43. The molecule has 0 atom stereocenters. The predicted octanol–water partition coefficient (Wildman–Crippen LogP) is 3.91. The quantitative estimate of drug-likeness (QED) is 0.874. The number of aryl methyl sites for hydroxylation is 1. The van der Waals surface area contributed by atoms with Crippen molar-refractivity contribution in [3.05, 3.63) is 36.0 Å². The molecule has 0 aliphatic heterocycles. The Kier molecular flexibility index (Phi) is 5.56. The van der Waals surface area contributed by atoms with Crippen LogP contribution in [-0.2, 0) is 16.0 Å². The van der Waals surface area contributed by atoms with Crippen molar-refractivity contribution in [1.82, 2.24) is 9.88 Å². The molecule has 0 radical (unpaired) electrons. The number of fused-ring (bicyclic) bond motifs is 1. The van der Waals surface area contributed by atoms with E-state index in [1.165, 1.54) is 16.5 Å². The summed E-state index contributed by atoms with van der Waals surface area (Å²) in [5.41, 5.74) is 2.48. The largest absolute Gasteiger partial charge is 0.381 e. The van der Waals surface area contributed by atoms with E-state index < -0.39 is 0 Å². The molecule has 0 saturated heterocycles. The summed E-state index contributed by atoms with van der Waals surface area (Å²) < 4.78 is 5.41. The molecule has 1 saturated carbocycles. The lowest BCUT2D eigenvalue weighted by molar-refractivity contribution is -0.133. The molecular weight excluding hydrogens is 300 g/mol. The number of amides is 1. The van der Waals surface area contributed by atoms with Crippen molar-refractivity contribution in [2.24, 2.45) is 0 Å². The molecule has 1 amide bonds. The molecule has 0 spiro atoms. The Morgan fingerprint density at radius 3 is 2.75 bits per heavy atom. The Morgan fingerprint density at radius 2 is 2.00 bits per heavy atom. The zero-order valence-electron chi connectivity index (χ0n) is 14.8. The number of para-hydroxylation sites is 1. The van der Waals surface area contributed by atoms with E-state index in [0.717, 1.165) is 38.5 Å². The number of methoxy groups -OCH3 is 1. The number of aromatic nitrogens is 1. The first-order valence-corrected chi connectivity index (χ1v) is 9.02. The summed E-state index contributed by atoms with van der Waals surface area (Å²) in [6.45, 7) is 0. The van der Waals surface area contributed by atoms with Crippen molar-refractivity contribution in [1.29, 1.82) is 0 Å². The average Bonchev–Trinajstić information content (AvgIpc) is 3.04. The fourth-order valence-electron chi connectivity index (χ4n) is 3.82. The van der Waals surface area contributed by atoms with Crippen LogP contribution in [0.3, 0.4) is 0 Å². The number of aromatic amines is 1. The van der Waals surface area contributed by atoms with Crippen molar-refractivity contribution in [3.8, 4) is 0 Å². The molecule has 3 rings (SSSR count). The van der Waals surface area contributed by atoms with Gasteiger partial charge >= 0.3 is 0 Å². The van der Waals surface area contributed by atoms with Crippen molar-refractivity contribution >= 4 is 16.8 Å². The summed E-state index contributed by atoms with van der Waals surface area (Å²) in [6, 6.07) is 8.73. The molecule has 2 aromatic rings. The van der Waals surface area contributed by atoms with Crippen LogP contribution in [0.15, 0.2) is 30.5 Å². The van der Waals surface area contributed by atoms with Crippen LogP contribution < -0.4 is 0 Å². The predicted molar refractivity (Wildman–Crippen MR) is 97.1 cm³/mol. The van der Waals surface area contributed by atoms with Crippen LogP contribution in [-0.4, -0.2) is 42.1 Å². The number of nitrogens with one attached hydrogen (secondary N) is 1. The van der Waals surface area contributed by atoms with Crippen molar-refractivity contribution in [2.75, 3.05) is 14.2 Å². The smallest absolute Gasteiger partial charge is 0.222 e. The van der Waals surface area contributed by atoms with Crippen molar-refractivity contribution < 1.29 is 9.53 Å². The number of carbonyl (C=O) groups excluding carboxylic acids is 1. The molecule has 1 N–H and O–H groups in total. The molecule has 4 heteroatoms. The lowest BCUT2D eigenvalue weighted by Crippen LogP contribution is -2.40. The standard InChI is InChI=1S/C20H28N2O2/c1-22(16-10-12-17(24-2)13-11-16)20(23)9-5-6-15-14-21-19-8-4-3-7-18(15)19/h3-4,7-8,14,16-17,21H,5-6,9-13H2,1-2H3. The monoisotopic (exact) mass is 328 g/mol. The van der Waals surface area contributed by atoms with Gasteiger partial charge in [0.05, 0.1) is 6.10 Å². The van der Waals surface area contributed by atoms with Gasteiger partial charge in [-0.15, -0.1) is 0 Å². The fraction of sp³-hybridized carbons (Fsp3) is 0.550. The van der Waals surface area contributed by atoms with Gasteiger partial charge in [0, 0.05) is 43.7 Å². The lowest BCUT2D eigenvalue weighted by atomic mass is 9.92. The van der Waals surface area contributed by atoms with Crippen LogP contribution >= 0.6 is 0 Å². The number of H-pyrrole nitrogens is 1. The Balaban J connectivity index is 1.47. The summed E-state index contributed by atoms with van der Waals surface area (Å²) in [4.78, 5) is 17.7. The highest BCUT2D eigenvalue weighted by atomic mass is 16.5. The summed E-state index contributed by atoms with van der Waals surface area (Å²) in [7, 11) is 3.75. The van der Waals surface area contributed by atoms with Gasteiger partial charge in [0.15, 0.2) is 0 Å². The van der Waals surface area contributed by atoms with Gasteiger partial charge in [0.1, 0.15) is 0 Å². The molecule has 1 heterocycles. The van der Waals surface area contributed by atoms with Crippen molar-refractivity contribution in [3.63, 3.8) is 0 Å². The van der Waals surface area contributed by atoms with Crippen molar-refractivity contribution in [2.45, 2.75) is 57.1 Å². The summed E-state index contributed by atoms with van der Waals surface area (Å²) >= 11 is 0. The molecule has 1 aliphatic carbocycles. The third kappa shape index (κ3) is 3.81. The number of rotatable bonds is 6. The maximum Gasteiger partial charge on any atom is 0.222 e. The van der Waals surface area contributed by atoms with Crippen LogP contribution in [0.25, 0.3) is 10.9 Å². The molecule has 0 unspecified atom stereocenters. The van der Waals surface area contributed by atoms with Gasteiger partial charge in [-0.25, -0.2) is 0 Å². The summed E-state index contributed by atoms with van der Waals surface area (Å²) in [5.74, 6) is 0.274. The van der Waals surface area contributed by atoms with E-state index in [4.69, 9.17) is 4.74 Å². The Hall–Kier alpha value is -1.81. The molecule has 1 aromatic carbocycles. The summed E-state index contributed by atoms with van der Waals surface area (Å²) in [5, 5.41) is 1.27. The van der Waals surface area contributed by atoms with E-state index in [-0.39, 0.29) is 5.91 Å². The minimum Gasteiger partial charge on any atom is -0.381 e. The molecule has 1 fully saturated rings. The van der Waals surface area contributed by atoms with E-state index in [1.807, 2.05) is 18.0 Å². The van der Waals surface area contributed by atoms with E-state index in [1.54, 1.807) is 7.11 Å². The maximum absolute atomic E-state index is 12.5. The summed E-state index contributed by atoms with van der Waals surface area (Å²) in [6.07, 6.45) is 9.17. The molecule has 4 nitrogen and oxygen atoms in total. The van der Waals surface area contributed by atoms with Gasteiger partial charge in [-0.3, -0.25) is 4.79 Å². The zero-order valence-corrected chi connectivity index (χ0v) is 14.8. The van der Waals surface area contributed by atoms with Gasteiger partial charge in [-0.1, -0.05) is 18.2 Å². The topological polar surface area (TPSA) is 45.3 Å². The van der Waals surface area contributed by atoms with E-state index in [9.17, 15) is 4.79 Å². The number of benzene rings is 1. The van der Waals surface area contributed by atoms with Gasteiger partial charge in [-0.2, -0.15) is 0 Å². The molecular formula is C20H28N2O2. The van der Waals surface area contributed by atoms with E-state index in [0.29, 0.717) is 18.6 Å². The van der Waals surface area contributed by atoms with E-state index in [2.05, 4.69) is 29.4 Å². The highest BCUT2D eigenvalue weighted by molar-refractivity contribution is 5.83. The first-order chi connectivity index (χ1) is 11.7. The van der Waals surface area contributed by atoms with Crippen LogP contribution in [0.2, 0.25) is 0 Å². The van der Waals surface area contributed by atoms with Crippen LogP contribution in [0.1, 0.15) is 44.1 Å². The maximum atomic E-state index is 12.5. The zero-order chi connectivity index (χ0) is 16.9. The normalized spacial score (nSPS) is 21.1. The second-order valence-corrected chi connectivity index (χ2v) is 6.88. The highest BCUT2D eigenvalue weighted by Gasteiger charge is 2.26. The highest BCUT2D eigenvalue weighted by Crippen LogP contribution is 2.25. The lowest BCUT2D eigenvalue weighted by Gasteiger charge is -2.34. The number of hydrogen-bond donors (Lipinski definition) is 1. The molecule has 24 heavy (non-hydrogen) atoms. The van der Waals surface area contributed by atoms with Crippen LogP contribution in [0.5, 0.6) is 0 Å². The number of nitrogens with zero attached hydrogens (tertiary/aromatic N) is 1. The first-order valence-electron chi connectivity index (χ1n) is 9.02. The minimum atomic E-state index is 0.274. The van der Waals surface area contributed by atoms with Crippen LogP contribution in [0.4, 0.5) is 0 Å².